The van der Waals surface area contributed by atoms with Crippen LogP contribution in [0.4, 0.5) is 10.1 Å². The molecule has 2 aromatic carbocycles. The summed E-state index contributed by atoms with van der Waals surface area (Å²) in [6, 6.07) is 13.8. The smallest absolute Gasteiger partial charge is 0.256 e. The number of rotatable bonds is 3. The zero-order valence-corrected chi connectivity index (χ0v) is 15.8. The number of amides is 1. The van der Waals surface area contributed by atoms with Gasteiger partial charge in [0.1, 0.15) is 5.82 Å². The molecule has 0 unspecified atom stereocenters. The molecule has 0 aliphatic rings. The highest BCUT2D eigenvalue weighted by molar-refractivity contribution is 6.13. The fraction of sp³-hybridized carbons (Fsp3) is 0.136. The SMILES string of the molecule is Cc1ccc(F)c(NC(=O)c2cc(-c3cnn(C)c3C)nc3ccccc23)c1. The maximum Gasteiger partial charge on any atom is 0.256 e. The van der Waals surface area contributed by atoms with Crippen LogP contribution in [0.5, 0.6) is 0 Å². The van der Waals surface area contributed by atoms with Gasteiger partial charge in [-0.05, 0) is 43.7 Å². The van der Waals surface area contributed by atoms with E-state index < -0.39 is 5.82 Å². The van der Waals surface area contributed by atoms with Crippen LogP contribution >= 0.6 is 0 Å². The van der Waals surface area contributed by atoms with Gasteiger partial charge in [-0.25, -0.2) is 9.37 Å². The maximum absolute atomic E-state index is 14.1. The standard InChI is InChI=1S/C22H19FN4O/c1-13-8-9-18(23)21(10-13)26-22(28)16-11-20(17-12-24-27(3)14(17)2)25-19-7-5-4-6-15(16)19/h4-12H,1-3H3,(H,26,28). The van der Waals surface area contributed by atoms with E-state index in [4.69, 9.17) is 4.98 Å². The number of nitrogens with one attached hydrogen (secondary N) is 1. The lowest BCUT2D eigenvalue weighted by atomic mass is 10.0. The quantitative estimate of drug-likeness (QED) is 0.568. The Hall–Kier alpha value is -3.54. The van der Waals surface area contributed by atoms with Crippen molar-refractivity contribution in [3.05, 3.63) is 77.4 Å². The first-order chi connectivity index (χ1) is 13.4. The number of benzene rings is 2. The van der Waals surface area contributed by atoms with Gasteiger partial charge in [-0.3, -0.25) is 9.48 Å². The van der Waals surface area contributed by atoms with Crippen molar-refractivity contribution in [2.75, 3.05) is 5.32 Å². The van der Waals surface area contributed by atoms with Gasteiger partial charge in [0.05, 0.1) is 28.7 Å². The van der Waals surface area contributed by atoms with E-state index in [2.05, 4.69) is 10.4 Å². The number of aromatic nitrogens is 3. The van der Waals surface area contributed by atoms with Crippen LogP contribution in [0, 0.1) is 19.7 Å². The fourth-order valence-corrected chi connectivity index (χ4v) is 3.18. The van der Waals surface area contributed by atoms with Crippen LogP contribution < -0.4 is 5.32 Å². The Bertz CT molecular complexity index is 1210. The second kappa shape index (κ2) is 6.88. The number of carbonyl (C=O) groups is 1. The Morgan fingerprint density at radius 2 is 1.89 bits per heavy atom. The molecule has 0 bridgehead atoms. The summed E-state index contributed by atoms with van der Waals surface area (Å²) in [5, 5.41) is 7.66. The minimum Gasteiger partial charge on any atom is -0.319 e. The molecule has 4 rings (SSSR count). The second-order valence-electron chi connectivity index (χ2n) is 6.78. The summed E-state index contributed by atoms with van der Waals surface area (Å²) in [6.07, 6.45) is 1.73. The molecule has 0 aliphatic carbocycles. The van der Waals surface area contributed by atoms with E-state index in [9.17, 15) is 9.18 Å². The molecular formula is C22H19FN4O. The van der Waals surface area contributed by atoms with Gasteiger partial charge in [0.25, 0.3) is 5.91 Å². The van der Waals surface area contributed by atoms with E-state index in [1.807, 2.05) is 45.2 Å². The lowest BCUT2D eigenvalue weighted by Gasteiger charge is -2.11. The summed E-state index contributed by atoms with van der Waals surface area (Å²) in [5.74, 6) is -0.855. The lowest BCUT2D eigenvalue weighted by Crippen LogP contribution is -2.14. The number of carbonyl (C=O) groups excluding carboxylic acids is 1. The van der Waals surface area contributed by atoms with Crippen LogP contribution in [-0.2, 0) is 7.05 Å². The van der Waals surface area contributed by atoms with Crippen LogP contribution in [0.15, 0.2) is 54.7 Å². The number of anilines is 1. The van der Waals surface area contributed by atoms with Gasteiger partial charge in [-0.15, -0.1) is 0 Å². The van der Waals surface area contributed by atoms with E-state index in [1.54, 1.807) is 29.1 Å². The van der Waals surface area contributed by atoms with E-state index >= 15 is 0 Å². The van der Waals surface area contributed by atoms with Crippen LogP contribution in [0.25, 0.3) is 22.2 Å². The van der Waals surface area contributed by atoms with Crippen molar-refractivity contribution in [2.24, 2.45) is 7.05 Å². The molecule has 0 saturated carbocycles. The number of halogens is 1. The van der Waals surface area contributed by atoms with Crippen LogP contribution in [-0.4, -0.2) is 20.7 Å². The molecule has 0 fully saturated rings. The van der Waals surface area contributed by atoms with Gasteiger partial charge in [0.2, 0.25) is 0 Å². The minimum atomic E-state index is -0.472. The molecule has 6 heteroatoms. The molecule has 5 nitrogen and oxygen atoms in total. The Kier molecular flexibility index (Phi) is 4.39. The number of hydrogen-bond acceptors (Lipinski definition) is 3. The zero-order chi connectivity index (χ0) is 19.8. The van der Waals surface area contributed by atoms with Crippen molar-refractivity contribution in [1.82, 2.24) is 14.8 Å². The van der Waals surface area contributed by atoms with Crippen molar-refractivity contribution in [2.45, 2.75) is 13.8 Å². The number of para-hydroxylation sites is 1. The Balaban J connectivity index is 1.84. The largest absolute Gasteiger partial charge is 0.319 e. The Morgan fingerprint density at radius 3 is 2.64 bits per heavy atom. The normalized spacial score (nSPS) is 11.0. The van der Waals surface area contributed by atoms with Gasteiger partial charge in [0.15, 0.2) is 0 Å². The third-order valence-corrected chi connectivity index (χ3v) is 4.84. The third kappa shape index (κ3) is 3.13. The van der Waals surface area contributed by atoms with Crippen molar-refractivity contribution < 1.29 is 9.18 Å². The van der Waals surface area contributed by atoms with Gasteiger partial charge >= 0.3 is 0 Å². The number of fused-ring (bicyclic) bond motifs is 1. The third-order valence-electron chi connectivity index (χ3n) is 4.84. The topological polar surface area (TPSA) is 59.8 Å². The van der Waals surface area contributed by atoms with E-state index in [-0.39, 0.29) is 11.6 Å². The fourth-order valence-electron chi connectivity index (χ4n) is 3.18. The first-order valence-electron chi connectivity index (χ1n) is 8.90. The molecule has 140 valence electrons. The summed E-state index contributed by atoms with van der Waals surface area (Å²) < 4.78 is 15.9. The molecule has 2 aromatic heterocycles. The Morgan fingerprint density at radius 1 is 1.11 bits per heavy atom. The number of nitrogens with zero attached hydrogens (tertiary/aromatic N) is 3. The molecule has 0 aliphatic heterocycles. The van der Waals surface area contributed by atoms with E-state index in [1.165, 1.54) is 6.07 Å². The molecule has 2 heterocycles. The predicted molar refractivity (Wildman–Crippen MR) is 108 cm³/mol. The summed E-state index contributed by atoms with van der Waals surface area (Å²) in [6.45, 7) is 3.79. The van der Waals surface area contributed by atoms with Crippen molar-refractivity contribution in [1.29, 1.82) is 0 Å². The monoisotopic (exact) mass is 374 g/mol. The van der Waals surface area contributed by atoms with Crippen molar-refractivity contribution in [3.63, 3.8) is 0 Å². The first kappa shape index (κ1) is 17.9. The Labute approximate surface area is 161 Å². The highest BCUT2D eigenvalue weighted by atomic mass is 19.1. The minimum absolute atomic E-state index is 0.157. The second-order valence-corrected chi connectivity index (χ2v) is 6.78. The van der Waals surface area contributed by atoms with Crippen LogP contribution in [0.3, 0.4) is 0 Å². The van der Waals surface area contributed by atoms with Gasteiger partial charge in [-0.2, -0.15) is 5.10 Å². The number of aryl methyl sites for hydroxylation is 2. The number of pyridine rings is 1. The summed E-state index contributed by atoms with van der Waals surface area (Å²) in [7, 11) is 1.86. The molecule has 1 N–H and O–H groups in total. The summed E-state index contributed by atoms with van der Waals surface area (Å²) in [4.78, 5) is 17.7. The molecule has 1 amide bonds. The zero-order valence-electron chi connectivity index (χ0n) is 15.8. The molecule has 0 atom stereocenters. The van der Waals surface area contributed by atoms with Crippen LogP contribution in [0.1, 0.15) is 21.6 Å². The summed E-state index contributed by atoms with van der Waals surface area (Å²) in [5.41, 5.74) is 4.60. The maximum atomic E-state index is 14.1. The highest BCUT2D eigenvalue weighted by Gasteiger charge is 2.17. The molecule has 28 heavy (non-hydrogen) atoms. The molecular weight excluding hydrogens is 355 g/mol. The first-order valence-corrected chi connectivity index (χ1v) is 8.90. The van der Waals surface area contributed by atoms with E-state index in [0.29, 0.717) is 22.2 Å². The number of hydrogen-bond donors (Lipinski definition) is 1. The average molecular weight is 374 g/mol. The van der Waals surface area contributed by atoms with Gasteiger partial charge in [-0.1, -0.05) is 24.3 Å². The molecule has 0 radical (unpaired) electrons. The van der Waals surface area contributed by atoms with Gasteiger partial charge in [0, 0.05) is 23.7 Å². The molecule has 4 aromatic rings. The van der Waals surface area contributed by atoms with Crippen LogP contribution in [0.2, 0.25) is 0 Å². The molecule has 0 saturated heterocycles. The average Bonchev–Trinajstić information content (AvgIpc) is 3.02. The van der Waals surface area contributed by atoms with E-state index in [0.717, 1.165) is 16.8 Å². The van der Waals surface area contributed by atoms with Crippen molar-refractivity contribution >= 4 is 22.5 Å². The predicted octanol–water partition coefficient (Wildman–Crippen LogP) is 4.64. The van der Waals surface area contributed by atoms with Gasteiger partial charge < -0.3 is 5.32 Å². The van der Waals surface area contributed by atoms with Crippen molar-refractivity contribution in [3.8, 4) is 11.3 Å². The highest BCUT2D eigenvalue weighted by Crippen LogP contribution is 2.27. The summed E-state index contributed by atoms with van der Waals surface area (Å²) >= 11 is 0. The lowest BCUT2D eigenvalue weighted by molar-refractivity contribution is 0.102. The molecule has 0 spiro atoms.